The van der Waals surface area contributed by atoms with Crippen molar-refractivity contribution in [2.45, 2.75) is 245 Å². The average Bonchev–Trinajstić information content (AvgIpc) is 3.65. The van der Waals surface area contributed by atoms with Gasteiger partial charge >= 0.3 is 7.75 Å². The third-order valence-corrected chi connectivity index (χ3v) is 14.2. The Morgan fingerprint density at radius 1 is 0.433 bits per heavy atom. The van der Waals surface area contributed by atoms with Crippen LogP contribution in [0.1, 0.15) is 245 Å². The number of rotatable bonds is 55. The Labute approximate surface area is 411 Å². The molecule has 0 aromatic carbocycles. The van der Waals surface area contributed by atoms with Gasteiger partial charge in [0.1, 0.15) is 0 Å². The van der Waals surface area contributed by atoms with E-state index < -0.39 is 7.75 Å². The summed E-state index contributed by atoms with van der Waals surface area (Å²) in [5.74, 6) is -0.575. The summed E-state index contributed by atoms with van der Waals surface area (Å²) in [7, 11) is -3.43. The van der Waals surface area contributed by atoms with E-state index in [1.807, 2.05) is 0 Å². The molecule has 3 amide bonds. The molecular formula is C54H104N3O9P. The first-order valence-corrected chi connectivity index (χ1v) is 29.6. The third-order valence-electron chi connectivity index (χ3n) is 12.6. The fourth-order valence-corrected chi connectivity index (χ4v) is 9.69. The lowest BCUT2D eigenvalue weighted by Gasteiger charge is -2.19. The summed E-state index contributed by atoms with van der Waals surface area (Å²) in [5, 5.41) is 5.89. The van der Waals surface area contributed by atoms with Gasteiger partial charge < -0.3 is 19.5 Å². The maximum atomic E-state index is 13.7. The highest BCUT2D eigenvalue weighted by Crippen LogP contribution is 2.44. The molecule has 0 aromatic rings. The van der Waals surface area contributed by atoms with Crippen LogP contribution in [0, 0.1) is 0 Å². The summed E-state index contributed by atoms with van der Waals surface area (Å²) in [6.45, 7) is 9.01. The minimum atomic E-state index is -3.43. The monoisotopic (exact) mass is 970 g/mol. The summed E-state index contributed by atoms with van der Waals surface area (Å²) in [6.07, 6.45) is 47.1. The van der Waals surface area contributed by atoms with Crippen LogP contribution >= 0.6 is 7.75 Å². The van der Waals surface area contributed by atoms with Gasteiger partial charge in [0.25, 0.3) is 11.8 Å². The molecule has 0 saturated heterocycles. The summed E-state index contributed by atoms with van der Waals surface area (Å²) < 4.78 is 42.4. The Morgan fingerprint density at radius 2 is 0.761 bits per heavy atom. The van der Waals surface area contributed by atoms with Crippen molar-refractivity contribution in [1.29, 1.82) is 0 Å². The molecule has 0 unspecified atom stereocenters. The molecule has 0 aromatic heterocycles. The smallest absolute Gasteiger partial charge is 0.378 e. The van der Waals surface area contributed by atoms with Crippen molar-refractivity contribution < 1.29 is 42.2 Å². The van der Waals surface area contributed by atoms with Crippen LogP contribution in [0.5, 0.6) is 0 Å². The van der Waals surface area contributed by atoms with E-state index in [9.17, 15) is 18.9 Å². The van der Waals surface area contributed by atoms with E-state index in [1.54, 1.807) is 0 Å². The number of carbonyl (C=O) groups excluding carboxylic acids is 3. The first kappa shape index (κ1) is 63.4. The molecule has 67 heavy (non-hydrogen) atoms. The quantitative estimate of drug-likeness (QED) is 0.0344. The topological polar surface area (TPSA) is 142 Å². The first-order valence-electron chi connectivity index (χ1n) is 28.1. The van der Waals surface area contributed by atoms with Gasteiger partial charge in [-0.15, -0.1) is 0 Å². The van der Waals surface area contributed by atoms with E-state index in [0.29, 0.717) is 91.8 Å². The van der Waals surface area contributed by atoms with Gasteiger partial charge in [-0.05, 0) is 25.7 Å². The summed E-state index contributed by atoms with van der Waals surface area (Å²) in [5.41, 5.74) is 0. The van der Waals surface area contributed by atoms with Crippen LogP contribution in [-0.2, 0) is 42.2 Å². The van der Waals surface area contributed by atoms with Gasteiger partial charge in [-0.25, -0.2) is 9.65 Å². The minimum absolute atomic E-state index is 0.0400. The zero-order valence-corrected chi connectivity index (χ0v) is 44.4. The van der Waals surface area contributed by atoms with Crippen molar-refractivity contribution in [2.75, 3.05) is 72.5 Å². The van der Waals surface area contributed by atoms with Gasteiger partial charge in [0.2, 0.25) is 5.91 Å². The molecule has 12 nitrogen and oxygen atoms in total. The number of ether oxygens (including phenoxy) is 3. The Morgan fingerprint density at radius 3 is 1.15 bits per heavy atom. The molecule has 1 rings (SSSR count). The van der Waals surface area contributed by atoms with Crippen LogP contribution in [-0.4, -0.2) is 95.1 Å². The maximum absolute atomic E-state index is 13.7. The Kier molecular flexibility index (Phi) is 46.6. The molecule has 0 saturated carbocycles. The highest BCUT2D eigenvalue weighted by atomic mass is 31.2. The number of carbonyl (C=O) groups is 3. The van der Waals surface area contributed by atoms with Crippen LogP contribution in [0.2, 0.25) is 0 Å². The van der Waals surface area contributed by atoms with Gasteiger partial charge in [0.15, 0.2) is 0 Å². The molecule has 13 heteroatoms. The second-order valence-corrected chi connectivity index (χ2v) is 20.7. The standard InChI is InChI=1S/C54H104N3O9P/c1-3-5-7-9-11-13-15-17-19-21-23-25-27-29-31-36-44-65-67(61,66-45-37-32-30-28-26-24-22-20-18-16-14-12-10-8-6-4-2)56-42-47-63-49-51-64-50-48-62-46-41-55-52(58)38-34-33-35-43-57-53(59)39-40-54(57)60/h39-40H,3-38,41-51H2,1-2H3,(H,55,58)(H,56,61). The average molecular weight is 970 g/mol. The molecule has 394 valence electrons. The molecular weight excluding hydrogens is 866 g/mol. The predicted molar refractivity (Wildman–Crippen MR) is 276 cm³/mol. The van der Waals surface area contributed by atoms with Crippen molar-refractivity contribution in [2.24, 2.45) is 0 Å². The Balaban J connectivity index is 2.14. The fourth-order valence-electron chi connectivity index (χ4n) is 8.33. The van der Waals surface area contributed by atoms with Crippen molar-refractivity contribution in [3.05, 3.63) is 12.2 Å². The number of nitrogens with one attached hydrogen (secondary N) is 2. The van der Waals surface area contributed by atoms with Gasteiger partial charge in [-0.1, -0.05) is 213 Å². The number of amides is 3. The molecule has 0 bridgehead atoms. The number of hydrogen-bond acceptors (Lipinski definition) is 9. The van der Waals surface area contributed by atoms with Crippen molar-refractivity contribution >= 4 is 25.5 Å². The summed E-state index contributed by atoms with van der Waals surface area (Å²) >= 11 is 0. The lowest BCUT2D eigenvalue weighted by molar-refractivity contribution is -0.137. The van der Waals surface area contributed by atoms with Gasteiger partial charge in [-0.2, -0.15) is 0 Å². The lowest BCUT2D eigenvalue weighted by atomic mass is 10.0. The third kappa shape index (κ3) is 42.9. The van der Waals surface area contributed by atoms with Crippen LogP contribution in [0.4, 0.5) is 0 Å². The zero-order valence-electron chi connectivity index (χ0n) is 43.5. The predicted octanol–water partition coefficient (Wildman–Crippen LogP) is 13.9. The SMILES string of the molecule is CCCCCCCCCCCCCCCCCCOP(=O)(NCCOCCOCCOCCNC(=O)CCCCCN1C(=O)C=CC1=O)OCCCCCCCCCCCCCCCCCC. The number of unbranched alkanes of at least 4 members (excludes halogenated alkanes) is 32. The van der Waals surface area contributed by atoms with E-state index in [2.05, 4.69) is 24.3 Å². The normalized spacial score (nSPS) is 12.9. The number of imide groups is 1. The molecule has 0 aliphatic carbocycles. The number of hydrogen-bond donors (Lipinski definition) is 2. The van der Waals surface area contributed by atoms with Crippen LogP contribution in [0.25, 0.3) is 0 Å². The molecule has 1 aliphatic rings. The molecule has 0 spiro atoms. The highest BCUT2D eigenvalue weighted by molar-refractivity contribution is 7.51. The summed E-state index contributed by atoms with van der Waals surface area (Å²) in [6, 6.07) is 0. The van der Waals surface area contributed by atoms with E-state index in [-0.39, 0.29) is 17.7 Å². The van der Waals surface area contributed by atoms with Crippen molar-refractivity contribution in [3.8, 4) is 0 Å². The Hall–Kier alpha value is -1.66. The van der Waals surface area contributed by atoms with E-state index >= 15 is 0 Å². The van der Waals surface area contributed by atoms with Gasteiger partial charge in [0, 0.05) is 38.2 Å². The molecule has 0 fully saturated rings. The second kappa shape index (κ2) is 49.3. The second-order valence-electron chi connectivity index (χ2n) is 18.8. The Bertz CT molecular complexity index is 1150. The molecule has 1 heterocycles. The fraction of sp³-hybridized carbons (Fsp3) is 0.907. The maximum Gasteiger partial charge on any atom is 0.405 e. The zero-order chi connectivity index (χ0) is 48.4. The highest BCUT2D eigenvalue weighted by Gasteiger charge is 2.24. The van der Waals surface area contributed by atoms with Crippen molar-refractivity contribution in [1.82, 2.24) is 15.3 Å². The van der Waals surface area contributed by atoms with E-state index in [1.165, 1.54) is 197 Å². The van der Waals surface area contributed by atoms with Crippen LogP contribution in [0.15, 0.2) is 12.2 Å². The molecule has 0 radical (unpaired) electrons. The first-order chi connectivity index (χ1) is 32.9. The van der Waals surface area contributed by atoms with Crippen LogP contribution < -0.4 is 10.4 Å². The van der Waals surface area contributed by atoms with Crippen molar-refractivity contribution in [3.63, 3.8) is 0 Å². The van der Waals surface area contributed by atoms with Crippen LogP contribution in [0.3, 0.4) is 0 Å². The molecule has 2 N–H and O–H groups in total. The minimum Gasteiger partial charge on any atom is -0.378 e. The molecule has 1 aliphatic heterocycles. The largest absolute Gasteiger partial charge is 0.405 e. The van der Waals surface area contributed by atoms with Gasteiger partial charge in [0.05, 0.1) is 52.9 Å². The lowest BCUT2D eigenvalue weighted by Crippen LogP contribution is -2.31. The van der Waals surface area contributed by atoms with E-state index in [4.69, 9.17) is 23.3 Å². The number of nitrogens with zero attached hydrogens (tertiary/aromatic N) is 1. The summed E-state index contributed by atoms with van der Waals surface area (Å²) in [4.78, 5) is 36.4. The van der Waals surface area contributed by atoms with Gasteiger partial charge in [-0.3, -0.25) is 28.3 Å². The van der Waals surface area contributed by atoms with E-state index in [0.717, 1.165) is 32.1 Å². The molecule has 0 atom stereocenters.